The first-order chi connectivity index (χ1) is 8.76. The fourth-order valence-electron chi connectivity index (χ4n) is 1.47. The second-order valence-corrected chi connectivity index (χ2v) is 3.93. The Hall–Kier alpha value is -1.75. The van der Waals surface area contributed by atoms with Crippen LogP contribution in [0.15, 0.2) is 29.4 Å². The minimum absolute atomic E-state index is 0.230. The zero-order valence-corrected chi connectivity index (χ0v) is 10.6. The molecule has 0 aromatic heterocycles. The molecule has 0 saturated heterocycles. The predicted molar refractivity (Wildman–Crippen MR) is 70.2 cm³/mol. The van der Waals surface area contributed by atoms with Crippen molar-refractivity contribution in [3.05, 3.63) is 29.8 Å². The monoisotopic (exact) mass is 252 g/mol. The quantitative estimate of drug-likeness (QED) is 0.243. The van der Waals surface area contributed by atoms with Crippen molar-refractivity contribution in [3.8, 4) is 5.75 Å². The van der Waals surface area contributed by atoms with Crippen LogP contribution in [0.3, 0.4) is 0 Å². The number of amidine groups is 1. The summed E-state index contributed by atoms with van der Waals surface area (Å²) >= 11 is 0. The van der Waals surface area contributed by atoms with E-state index in [2.05, 4.69) is 5.16 Å². The van der Waals surface area contributed by atoms with Crippen molar-refractivity contribution < 1.29 is 14.7 Å². The molecule has 0 radical (unpaired) electrons. The van der Waals surface area contributed by atoms with E-state index in [1.165, 1.54) is 5.56 Å². The van der Waals surface area contributed by atoms with Crippen molar-refractivity contribution in [1.29, 1.82) is 0 Å². The van der Waals surface area contributed by atoms with Crippen LogP contribution < -0.4 is 10.5 Å². The first-order valence-electron chi connectivity index (χ1n) is 5.93. The maximum Gasteiger partial charge on any atom is 0.139 e. The standard InChI is InChI=1S/C13H20N2O3/c1-17-10-8-11-4-6-12(7-5-11)18-9-2-3-13(14)15-16/h4-7,16H,2-3,8-10H2,1H3,(H2,14,15). The Morgan fingerprint density at radius 3 is 2.61 bits per heavy atom. The average Bonchev–Trinajstić information content (AvgIpc) is 2.42. The van der Waals surface area contributed by atoms with Gasteiger partial charge in [-0.15, -0.1) is 0 Å². The topological polar surface area (TPSA) is 77.1 Å². The van der Waals surface area contributed by atoms with Crippen LogP contribution in [0.1, 0.15) is 18.4 Å². The summed E-state index contributed by atoms with van der Waals surface area (Å²) in [5.74, 6) is 1.06. The highest BCUT2D eigenvalue weighted by atomic mass is 16.5. The first kappa shape index (κ1) is 14.3. The van der Waals surface area contributed by atoms with Crippen molar-refractivity contribution in [2.75, 3.05) is 20.3 Å². The molecule has 100 valence electrons. The summed E-state index contributed by atoms with van der Waals surface area (Å²) in [6, 6.07) is 7.93. The number of nitrogens with two attached hydrogens (primary N) is 1. The van der Waals surface area contributed by atoms with Crippen LogP contribution in [0.5, 0.6) is 5.75 Å². The minimum Gasteiger partial charge on any atom is -0.494 e. The molecule has 0 bridgehead atoms. The van der Waals surface area contributed by atoms with Gasteiger partial charge in [0, 0.05) is 13.5 Å². The Morgan fingerprint density at radius 2 is 2.00 bits per heavy atom. The number of nitrogens with zero attached hydrogens (tertiary/aromatic N) is 1. The summed E-state index contributed by atoms with van der Waals surface area (Å²) in [6.07, 6.45) is 2.16. The van der Waals surface area contributed by atoms with Crippen LogP contribution in [0.25, 0.3) is 0 Å². The van der Waals surface area contributed by atoms with Crippen molar-refractivity contribution in [2.45, 2.75) is 19.3 Å². The number of oxime groups is 1. The first-order valence-corrected chi connectivity index (χ1v) is 5.93. The molecule has 0 amide bonds. The Labute approximate surface area is 107 Å². The molecule has 1 aromatic rings. The van der Waals surface area contributed by atoms with Gasteiger partial charge in [0.15, 0.2) is 0 Å². The zero-order valence-electron chi connectivity index (χ0n) is 10.6. The van der Waals surface area contributed by atoms with Gasteiger partial charge in [-0.1, -0.05) is 17.3 Å². The maximum absolute atomic E-state index is 8.36. The van der Waals surface area contributed by atoms with E-state index >= 15 is 0 Å². The van der Waals surface area contributed by atoms with Gasteiger partial charge in [0.25, 0.3) is 0 Å². The maximum atomic E-state index is 8.36. The van der Waals surface area contributed by atoms with E-state index in [9.17, 15) is 0 Å². The fraction of sp³-hybridized carbons (Fsp3) is 0.462. The lowest BCUT2D eigenvalue weighted by Crippen LogP contribution is -2.12. The second-order valence-electron chi connectivity index (χ2n) is 3.93. The number of benzene rings is 1. The molecular weight excluding hydrogens is 232 g/mol. The molecule has 0 aliphatic carbocycles. The van der Waals surface area contributed by atoms with Crippen LogP contribution in [0.2, 0.25) is 0 Å². The molecule has 0 aliphatic heterocycles. The van der Waals surface area contributed by atoms with E-state index < -0.39 is 0 Å². The molecule has 0 unspecified atom stereocenters. The number of rotatable bonds is 8. The summed E-state index contributed by atoms with van der Waals surface area (Å²) in [5.41, 5.74) is 6.57. The van der Waals surface area contributed by atoms with Gasteiger partial charge in [0.05, 0.1) is 13.2 Å². The fourth-order valence-corrected chi connectivity index (χ4v) is 1.47. The number of hydrogen-bond acceptors (Lipinski definition) is 4. The van der Waals surface area contributed by atoms with Gasteiger partial charge in [-0.3, -0.25) is 0 Å². The molecule has 5 nitrogen and oxygen atoms in total. The van der Waals surface area contributed by atoms with E-state index in [1.54, 1.807) is 7.11 Å². The molecule has 0 fully saturated rings. The third-order valence-electron chi connectivity index (χ3n) is 2.49. The smallest absolute Gasteiger partial charge is 0.139 e. The summed E-state index contributed by atoms with van der Waals surface area (Å²) in [6.45, 7) is 1.27. The summed E-state index contributed by atoms with van der Waals surface area (Å²) < 4.78 is 10.6. The van der Waals surface area contributed by atoms with Crippen LogP contribution >= 0.6 is 0 Å². The lowest BCUT2D eigenvalue weighted by molar-refractivity contribution is 0.202. The number of methoxy groups -OCH3 is 1. The van der Waals surface area contributed by atoms with Gasteiger partial charge in [-0.25, -0.2) is 0 Å². The van der Waals surface area contributed by atoms with Crippen molar-refractivity contribution in [1.82, 2.24) is 0 Å². The average molecular weight is 252 g/mol. The third-order valence-corrected chi connectivity index (χ3v) is 2.49. The van der Waals surface area contributed by atoms with Gasteiger partial charge in [0.1, 0.15) is 11.6 Å². The highest BCUT2D eigenvalue weighted by molar-refractivity contribution is 5.79. The molecule has 1 aromatic carbocycles. The molecule has 0 atom stereocenters. The van der Waals surface area contributed by atoms with Crippen LogP contribution in [0, 0.1) is 0 Å². The highest BCUT2D eigenvalue weighted by Crippen LogP contribution is 2.13. The molecule has 3 N–H and O–H groups in total. The lowest BCUT2D eigenvalue weighted by Gasteiger charge is -2.07. The lowest BCUT2D eigenvalue weighted by atomic mass is 10.1. The Kier molecular flexibility index (Phi) is 6.64. The van der Waals surface area contributed by atoms with Crippen molar-refractivity contribution in [3.63, 3.8) is 0 Å². The molecule has 0 saturated carbocycles. The Morgan fingerprint density at radius 1 is 1.28 bits per heavy atom. The third kappa shape index (κ3) is 5.54. The molecule has 0 heterocycles. The van der Waals surface area contributed by atoms with Gasteiger partial charge in [-0.2, -0.15) is 0 Å². The van der Waals surface area contributed by atoms with E-state index in [4.69, 9.17) is 20.4 Å². The summed E-state index contributed by atoms with van der Waals surface area (Å²) in [7, 11) is 1.69. The SMILES string of the molecule is COCCc1ccc(OCCC/C(N)=N/O)cc1. The number of ether oxygens (including phenoxy) is 2. The van der Waals surface area contributed by atoms with E-state index in [0.717, 1.165) is 25.2 Å². The van der Waals surface area contributed by atoms with Gasteiger partial charge in [0.2, 0.25) is 0 Å². The van der Waals surface area contributed by atoms with E-state index in [0.29, 0.717) is 13.0 Å². The van der Waals surface area contributed by atoms with Crippen molar-refractivity contribution >= 4 is 5.84 Å². The summed E-state index contributed by atoms with van der Waals surface area (Å²) in [4.78, 5) is 0. The predicted octanol–water partition coefficient (Wildman–Crippen LogP) is 1.78. The van der Waals surface area contributed by atoms with Crippen LogP contribution in [-0.4, -0.2) is 31.4 Å². The molecule has 5 heteroatoms. The normalized spacial score (nSPS) is 11.5. The number of hydrogen-bond donors (Lipinski definition) is 2. The molecule has 1 rings (SSSR count). The molecular formula is C13H20N2O3. The van der Waals surface area contributed by atoms with Crippen molar-refractivity contribution in [2.24, 2.45) is 10.9 Å². The largest absolute Gasteiger partial charge is 0.494 e. The summed E-state index contributed by atoms with van der Waals surface area (Å²) in [5, 5.41) is 11.3. The Bertz CT molecular complexity index is 363. The van der Waals surface area contributed by atoms with Crippen LogP contribution in [0.4, 0.5) is 0 Å². The highest BCUT2D eigenvalue weighted by Gasteiger charge is 1.97. The minimum atomic E-state index is 0.230. The molecule has 18 heavy (non-hydrogen) atoms. The molecule has 0 spiro atoms. The van der Waals surface area contributed by atoms with E-state index in [-0.39, 0.29) is 5.84 Å². The molecule has 0 aliphatic rings. The van der Waals surface area contributed by atoms with E-state index in [1.807, 2.05) is 24.3 Å². The second kappa shape index (κ2) is 8.36. The van der Waals surface area contributed by atoms with Gasteiger partial charge in [-0.05, 0) is 30.5 Å². The van der Waals surface area contributed by atoms with Gasteiger partial charge < -0.3 is 20.4 Å². The Balaban J connectivity index is 2.26. The zero-order chi connectivity index (χ0) is 13.2. The van der Waals surface area contributed by atoms with Gasteiger partial charge >= 0.3 is 0 Å². The van der Waals surface area contributed by atoms with Crippen LogP contribution in [-0.2, 0) is 11.2 Å².